The molecule has 6 nitrogen and oxygen atoms in total. The molecule has 1 unspecified atom stereocenters. The van der Waals surface area contributed by atoms with E-state index in [0.717, 1.165) is 58.4 Å². The lowest BCUT2D eigenvalue weighted by Gasteiger charge is -2.38. The molecule has 3 heterocycles. The van der Waals surface area contributed by atoms with Crippen LogP contribution in [0.2, 0.25) is 0 Å². The van der Waals surface area contributed by atoms with Crippen molar-refractivity contribution < 1.29 is 9.59 Å². The topological polar surface area (TPSA) is 64.7 Å². The summed E-state index contributed by atoms with van der Waals surface area (Å²) in [6.45, 7) is 9.80. The van der Waals surface area contributed by atoms with Crippen LogP contribution >= 0.6 is 0 Å². The van der Waals surface area contributed by atoms with E-state index in [9.17, 15) is 9.59 Å². The molecule has 0 aromatic heterocycles. The summed E-state index contributed by atoms with van der Waals surface area (Å²) in [6.07, 6.45) is 3.70. The summed E-state index contributed by atoms with van der Waals surface area (Å²) in [6, 6.07) is -0.183. The van der Waals surface area contributed by atoms with Crippen molar-refractivity contribution in [3.63, 3.8) is 0 Å². The monoisotopic (exact) mass is 322 g/mol. The van der Waals surface area contributed by atoms with Crippen molar-refractivity contribution in [3.05, 3.63) is 0 Å². The van der Waals surface area contributed by atoms with Gasteiger partial charge in [-0.2, -0.15) is 0 Å². The van der Waals surface area contributed by atoms with Gasteiger partial charge in [-0.3, -0.25) is 9.69 Å². The fourth-order valence-corrected chi connectivity index (χ4v) is 4.15. The van der Waals surface area contributed by atoms with Gasteiger partial charge in [0.15, 0.2) is 0 Å². The summed E-state index contributed by atoms with van der Waals surface area (Å²) >= 11 is 0. The van der Waals surface area contributed by atoms with Gasteiger partial charge in [0.25, 0.3) is 5.91 Å². The third-order valence-electron chi connectivity index (χ3n) is 5.42. The maximum atomic E-state index is 12.9. The average molecular weight is 322 g/mol. The zero-order valence-electron chi connectivity index (χ0n) is 14.4. The first-order valence-corrected chi connectivity index (χ1v) is 9.07. The van der Waals surface area contributed by atoms with Gasteiger partial charge in [-0.15, -0.1) is 0 Å². The van der Waals surface area contributed by atoms with Crippen LogP contribution in [0.4, 0.5) is 4.79 Å². The zero-order chi connectivity index (χ0) is 16.4. The van der Waals surface area contributed by atoms with Crippen LogP contribution in [0.15, 0.2) is 0 Å². The molecular weight excluding hydrogens is 292 g/mol. The number of carbonyl (C=O) groups is 2. The van der Waals surface area contributed by atoms with E-state index in [2.05, 4.69) is 29.4 Å². The highest BCUT2D eigenvalue weighted by molar-refractivity contribution is 6.07. The normalized spacial score (nSPS) is 28.7. The molecule has 0 radical (unpaired) electrons. The number of likely N-dealkylation sites (tertiary alicyclic amines) is 1. The molecule has 0 saturated carbocycles. The highest BCUT2D eigenvalue weighted by atomic mass is 16.2. The van der Waals surface area contributed by atoms with Gasteiger partial charge in [0.05, 0.1) is 0 Å². The van der Waals surface area contributed by atoms with Crippen LogP contribution in [-0.4, -0.2) is 66.5 Å². The third-order valence-corrected chi connectivity index (χ3v) is 5.42. The molecule has 1 spiro atoms. The molecule has 0 bridgehead atoms. The molecule has 0 aromatic rings. The number of hydrogen-bond donors (Lipinski definition) is 2. The summed E-state index contributed by atoms with van der Waals surface area (Å²) in [5, 5.41) is 6.38. The molecule has 3 aliphatic rings. The number of carbonyl (C=O) groups excluding carboxylic acids is 2. The number of urea groups is 1. The van der Waals surface area contributed by atoms with Gasteiger partial charge < -0.3 is 15.5 Å². The van der Waals surface area contributed by atoms with Gasteiger partial charge in [-0.1, -0.05) is 13.8 Å². The lowest BCUT2D eigenvalue weighted by atomic mass is 9.87. The molecule has 1 atom stereocenters. The Kier molecular flexibility index (Phi) is 4.92. The van der Waals surface area contributed by atoms with E-state index in [4.69, 9.17) is 0 Å². The van der Waals surface area contributed by atoms with Crippen LogP contribution in [0.5, 0.6) is 0 Å². The van der Waals surface area contributed by atoms with Gasteiger partial charge >= 0.3 is 6.03 Å². The van der Waals surface area contributed by atoms with Gasteiger partial charge in [0.2, 0.25) is 0 Å². The van der Waals surface area contributed by atoms with Crippen LogP contribution in [0.25, 0.3) is 0 Å². The second kappa shape index (κ2) is 6.77. The molecule has 6 heteroatoms. The Morgan fingerprint density at radius 1 is 1.26 bits per heavy atom. The first-order chi connectivity index (χ1) is 11.0. The van der Waals surface area contributed by atoms with Gasteiger partial charge in [-0.05, 0) is 50.6 Å². The standard InChI is InChI=1S/C17H30N4O2/c1-13(2)11-20-8-5-17(6-9-20)15(22)21(16(23)19-17)12-14-4-3-7-18-10-14/h13-14,18H,3-12H2,1-2H3,(H,19,23). The lowest BCUT2D eigenvalue weighted by Crippen LogP contribution is -2.55. The van der Waals surface area contributed by atoms with Gasteiger partial charge in [0.1, 0.15) is 5.54 Å². The molecule has 3 fully saturated rings. The van der Waals surface area contributed by atoms with Crippen LogP contribution in [0, 0.1) is 11.8 Å². The second-order valence-corrected chi connectivity index (χ2v) is 7.83. The van der Waals surface area contributed by atoms with E-state index in [1.807, 2.05) is 0 Å². The van der Waals surface area contributed by atoms with Crippen molar-refractivity contribution >= 4 is 11.9 Å². The summed E-state index contributed by atoms with van der Waals surface area (Å²) in [7, 11) is 0. The number of imide groups is 1. The third kappa shape index (κ3) is 3.53. The number of nitrogens with one attached hydrogen (secondary N) is 2. The van der Waals surface area contributed by atoms with E-state index >= 15 is 0 Å². The Bertz CT molecular complexity index is 452. The Balaban J connectivity index is 1.60. The molecule has 3 saturated heterocycles. The maximum absolute atomic E-state index is 12.9. The van der Waals surface area contributed by atoms with Crippen molar-refractivity contribution in [2.75, 3.05) is 39.3 Å². The minimum absolute atomic E-state index is 0.0114. The van der Waals surface area contributed by atoms with E-state index < -0.39 is 5.54 Å². The Hall–Kier alpha value is -1.14. The van der Waals surface area contributed by atoms with Crippen molar-refractivity contribution in [2.24, 2.45) is 11.8 Å². The van der Waals surface area contributed by atoms with E-state index in [-0.39, 0.29) is 11.9 Å². The summed E-state index contributed by atoms with van der Waals surface area (Å²) in [5.74, 6) is 1.04. The SMILES string of the molecule is CC(C)CN1CCC2(CC1)NC(=O)N(CC1CCCNC1)C2=O. The van der Waals surface area contributed by atoms with Crippen LogP contribution in [0.1, 0.15) is 39.5 Å². The smallest absolute Gasteiger partial charge is 0.323 e. The summed E-state index contributed by atoms with van der Waals surface area (Å²) in [5.41, 5.74) is -0.632. The van der Waals surface area contributed by atoms with Crippen LogP contribution < -0.4 is 10.6 Å². The van der Waals surface area contributed by atoms with Crippen molar-refractivity contribution in [3.8, 4) is 0 Å². The zero-order valence-corrected chi connectivity index (χ0v) is 14.4. The van der Waals surface area contributed by atoms with E-state index in [1.54, 1.807) is 0 Å². The van der Waals surface area contributed by atoms with E-state index in [0.29, 0.717) is 18.4 Å². The fraction of sp³-hybridized carbons (Fsp3) is 0.882. The van der Waals surface area contributed by atoms with Crippen LogP contribution in [0.3, 0.4) is 0 Å². The number of hydrogen-bond acceptors (Lipinski definition) is 4. The van der Waals surface area contributed by atoms with Crippen molar-refractivity contribution in [2.45, 2.75) is 45.1 Å². The molecular formula is C17H30N4O2. The lowest BCUT2D eigenvalue weighted by molar-refractivity contribution is -0.133. The predicted molar refractivity (Wildman–Crippen MR) is 89.1 cm³/mol. The molecule has 0 aromatic carbocycles. The molecule has 23 heavy (non-hydrogen) atoms. The molecule has 0 aliphatic carbocycles. The second-order valence-electron chi connectivity index (χ2n) is 7.83. The first-order valence-electron chi connectivity index (χ1n) is 9.07. The minimum atomic E-state index is -0.632. The van der Waals surface area contributed by atoms with Crippen molar-refractivity contribution in [1.29, 1.82) is 0 Å². The Morgan fingerprint density at radius 2 is 2.00 bits per heavy atom. The molecule has 3 rings (SSSR count). The molecule has 3 aliphatic heterocycles. The fourth-order valence-electron chi connectivity index (χ4n) is 4.15. The van der Waals surface area contributed by atoms with Crippen molar-refractivity contribution in [1.82, 2.24) is 20.4 Å². The largest absolute Gasteiger partial charge is 0.325 e. The number of amides is 3. The minimum Gasteiger partial charge on any atom is -0.323 e. The average Bonchev–Trinajstić information content (AvgIpc) is 2.75. The Labute approximate surface area is 139 Å². The number of rotatable bonds is 4. The number of piperidine rings is 2. The number of nitrogens with zero attached hydrogens (tertiary/aromatic N) is 2. The highest BCUT2D eigenvalue weighted by Crippen LogP contribution is 2.30. The summed E-state index contributed by atoms with van der Waals surface area (Å²) in [4.78, 5) is 29.1. The quantitative estimate of drug-likeness (QED) is 0.759. The molecule has 3 amide bonds. The first kappa shape index (κ1) is 16.7. The van der Waals surface area contributed by atoms with Gasteiger partial charge in [-0.25, -0.2) is 4.79 Å². The molecule has 2 N–H and O–H groups in total. The van der Waals surface area contributed by atoms with E-state index in [1.165, 1.54) is 4.90 Å². The maximum Gasteiger partial charge on any atom is 0.325 e. The molecule has 130 valence electrons. The summed E-state index contributed by atoms with van der Waals surface area (Å²) < 4.78 is 0. The predicted octanol–water partition coefficient (Wildman–Crippen LogP) is 1.03. The van der Waals surface area contributed by atoms with Gasteiger partial charge in [0, 0.05) is 26.2 Å². The Morgan fingerprint density at radius 3 is 2.61 bits per heavy atom. The highest BCUT2D eigenvalue weighted by Gasteiger charge is 2.52. The van der Waals surface area contributed by atoms with Crippen LogP contribution in [-0.2, 0) is 4.79 Å².